The molecule has 0 unspecified atom stereocenters. The van der Waals surface area contributed by atoms with Crippen LogP contribution in [0, 0.1) is 0 Å². The first kappa shape index (κ1) is 26.6. The molecule has 0 radical (unpaired) electrons. The summed E-state index contributed by atoms with van der Waals surface area (Å²) in [5.74, 6) is -0.159. The molecule has 0 bridgehead atoms. The molecule has 1 amide bonds. The van der Waals surface area contributed by atoms with Crippen molar-refractivity contribution in [3.8, 4) is 0 Å². The SMILES string of the molecule is CCCS(=O)(=O)Nc1ccc(N(C)C)c(CN(C(=O)c2ccccc2Cl)[C@@H](C)c2ccccc2)c1. The van der Waals surface area contributed by atoms with Crippen molar-refractivity contribution in [2.24, 2.45) is 0 Å². The van der Waals surface area contributed by atoms with Crippen LogP contribution in [0.15, 0.2) is 72.8 Å². The lowest BCUT2D eigenvalue weighted by molar-refractivity contribution is 0.0674. The number of sulfonamides is 1. The average molecular weight is 514 g/mol. The molecule has 0 saturated carbocycles. The standard InChI is InChI=1S/C27H32ClN3O3S/c1-5-17-35(33,34)29-23-15-16-26(30(3)4)22(18-23)19-31(20(2)21-11-7-6-8-12-21)27(32)24-13-9-10-14-25(24)28/h6-16,18,20,29H,5,17,19H2,1-4H3/t20-/m0/s1. The third-order valence-corrected chi connectivity index (χ3v) is 7.58. The largest absolute Gasteiger partial charge is 0.377 e. The Labute approximate surface area is 213 Å². The van der Waals surface area contributed by atoms with E-state index in [0.717, 1.165) is 16.8 Å². The summed E-state index contributed by atoms with van der Waals surface area (Å²) in [6.07, 6.45) is 0.521. The molecule has 3 aromatic rings. The first-order chi connectivity index (χ1) is 16.6. The number of nitrogens with one attached hydrogen (secondary N) is 1. The minimum atomic E-state index is -3.45. The molecule has 0 aromatic heterocycles. The first-order valence-electron chi connectivity index (χ1n) is 11.5. The van der Waals surface area contributed by atoms with E-state index in [9.17, 15) is 13.2 Å². The van der Waals surface area contributed by atoms with Crippen molar-refractivity contribution in [2.45, 2.75) is 32.9 Å². The van der Waals surface area contributed by atoms with Gasteiger partial charge in [0.2, 0.25) is 10.0 Å². The number of hydrogen-bond acceptors (Lipinski definition) is 4. The number of rotatable bonds is 10. The second-order valence-electron chi connectivity index (χ2n) is 8.66. The molecule has 0 heterocycles. The van der Waals surface area contributed by atoms with Crippen LogP contribution < -0.4 is 9.62 Å². The number of amides is 1. The summed E-state index contributed by atoms with van der Waals surface area (Å²) in [4.78, 5) is 17.5. The summed E-state index contributed by atoms with van der Waals surface area (Å²) in [5, 5.41) is 0.386. The second-order valence-corrected chi connectivity index (χ2v) is 10.9. The van der Waals surface area contributed by atoms with Gasteiger partial charge in [-0.1, -0.05) is 61.0 Å². The van der Waals surface area contributed by atoms with Gasteiger partial charge in [-0.3, -0.25) is 9.52 Å². The highest BCUT2D eigenvalue weighted by Gasteiger charge is 2.26. The lowest BCUT2D eigenvalue weighted by atomic mass is 10.0. The van der Waals surface area contributed by atoms with E-state index in [1.54, 1.807) is 41.3 Å². The van der Waals surface area contributed by atoms with Crippen LogP contribution in [-0.4, -0.2) is 39.1 Å². The third-order valence-electron chi connectivity index (χ3n) is 5.76. The van der Waals surface area contributed by atoms with Gasteiger partial charge in [-0.2, -0.15) is 0 Å². The molecule has 0 fully saturated rings. The van der Waals surface area contributed by atoms with Gasteiger partial charge >= 0.3 is 0 Å². The molecular formula is C27H32ClN3O3S. The van der Waals surface area contributed by atoms with Gasteiger partial charge < -0.3 is 9.80 Å². The summed E-state index contributed by atoms with van der Waals surface area (Å²) in [5.41, 5.74) is 3.58. The molecule has 6 nitrogen and oxygen atoms in total. The van der Waals surface area contributed by atoms with Crippen molar-refractivity contribution in [1.29, 1.82) is 0 Å². The number of hydrogen-bond donors (Lipinski definition) is 1. The number of carbonyl (C=O) groups is 1. The molecule has 1 N–H and O–H groups in total. The van der Waals surface area contributed by atoms with Crippen molar-refractivity contribution in [3.05, 3.63) is 94.5 Å². The van der Waals surface area contributed by atoms with Gasteiger partial charge in [-0.25, -0.2) is 8.42 Å². The van der Waals surface area contributed by atoms with Crippen LogP contribution in [0.4, 0.5) is 11.4 Å². The van der Waals surface area contributed by atoms with Crippen molar-refractivity contribution < 1.29 is 13.2 Å². The molecule has 0 aliphatic rings. The summed E-state index contributed by atoms with van der Waals surface area (Å²) < 4.78 is 27.4. The third kappa shape index (κ3) is 6.77. The maximum absolute atomic E-state index is 13.8. The van der Waals surface area contributed by atoms with Gasteiger partial charge in [0, 0.05) is 32.0 Å². The van der Waals surface area contributed by atoms with E-state index in [1.807, 2.05) is 69.2 Å². The lowest BCUT2D eigenvalue weighted by Gasteiger charge is -2.32. The second kappa shape index (κ2) is 11.6. The van der Waals surface area contributed by atoms with Crippen LogP contribution in [0.25, 0.3) is 0 Å². The highest BCUT2D eigenvalue weighted by Crippen LogP contribution is 2.31. The van der Waals surface area contributed by atoms with E-state index in [4.69, 9.17) is 11.6 Å². The highest BCUT2D eigenvalue weighted by atomic mass is 35.5. The Kier molecular flexibility index (Phi) is 8.81. The number of halogens is 1. The smallest absolute Gasteiger partial charge is 0.256 e. The number of nitrogens with zero attached hydrogens (tertiary/aromatic N) is 2. The van der Waals surface area contributed by atoms with Gasteiger partial charge in [0.05, 0.1) is 22.4 Å². The van der Waals surface area contributed by atoms with Crippen LogP contribution in [0.3, 0.4) is 0 Å². The van der Waals surface area contributed by atoms with E-state index < -0.39 is 10.0 Å². The molecule has 35 heavy (non-hydrogen) atoms. The molecule has 186 valence electrons. The zero-order valence-corrected chi connectivity index (χ0v) is 22.1. The fourth-order valence-electron chi connectivity index (χ4n) is 3.98. The molecule has 3 aromatic carbocycles. The van der Waals surface area contributed by atoms with E-state index in [1.165, 1.54) is 0 Å². The van der Waals surface area contributed by atoms with Crippen LogP contribution in [0.5, 0.6) is 0 Å². The Morgan fingerprint density at radius 3 is 2.29 bits per heavy atom. The van der Waals surface area contributed by atoms with Gasteiger partial charge in [0.1, 0.15) is 0 Å². The Morgan fingerprint density at radius 2 is 1.66 bits per heavy atom. The molecule has 1 atom stereocenters. The minimum absolute atomic E-state index is 0.0416. The Balaban J connectivity index is 2.06. The zero-order chi connectivity index (χ0) is 25.6. The number of carbonyl (C=O) groups excluding carboxylic acids is 1. The van der Waals surface area contributed by atoms with E-state index in [-0.39, 0.29) is 24.2 Å². The van der Waals surface area contributed by atoms with Gasteiger partial charge in [0.15, 0.2) is 0 Å². The summed E-state index contributed by atoms with van der Waals surface area (Å²) >= 11 is 6.39. The topological polar surface area (TPSA) is 69.7 Å². The Hall–Kier alpha value is -3.03. The monoisotopic (exact) mass is 513 g/mol. The van der Waals surface area contributed by atoms with Gasteiger partial charge in [-0.05, 0) is 54.8 Å². The van der Waals surface area contributed by atoms with Crippen LogP contribution in [0.1, 0.15) is 47.8 Å². The molecule has 0 spiro atoms. The van der Waals surface area contributed by atoms with E-state index in [0.29, 0.717) is 22.7 Å². The van der Waals surface area contributed by atoms with Crippen LogP contribution in [-0.2, 0) is 16.6 Å². The predicted molar refractivity (Wildman–Crippen MR) is 145 cm³/mol. The Morgan fingerprint density at radius 1 is 1.00 bits per heavy atom. The maximum Gasteiger partial charge on any atom is 0.256 e. The molecule has 3 rings (SSSR count). The van der Waals surface area contributed by atoms with Crippen molar-refractivity contribution in [2.75, 3.05) is 29.5 Å². The molecule has 8 heteroatoms. The van der Waals surface area contributed by atoms with Crippen molar-refractivity contribution in [1.82, 2.24) is 4.90 Å². The quantitative estimate of drug-likeness (QED) is 0.363. The van der Waals surface area contributed by atoms with Gasteiger partial charge in [0.25, 0.3) is 5.91 Å². The molecule has 0 aliphatic carbocycles. The molecular weight excluding hydrogens is 482 g/mol. The minimum Gasteiger partial charge on any atom is -0.377 e. The number of benzene rings is 3. The maximum atomic E-state index is 13.8. The summed E-state index contributed by atoms with van der Waals surface area (Å²) in [6.45, 7) is 4.06. The average Bonchev–Trinajstić information content (AvgIpc) is 2.82. The fraction of sp³-hybridized carbons (Fsp3) is 0.296. The fourth-order valence-corrected chi connectivity index (χ4v) is 5.32. The van der Waals surface area contributed by atoms with Gasteiger partial charge in [-0.15, -0.1) is 0 Å². The number of anilines is 2. The Bertz CT molecular complexity index is 1260. The van der Waals surface area contributed by atoms with Crippen LogP contribution >= 0.6 is 11.6 Å². The van der Waals surface area contributed by atoms with E-state index >= 15 is 0 Å². The van der Waals surface area contributed by atoms with Crippen LogP contribution in [0.2, 0.25) is 5.02 Å². The highest BCUT2D eigenvalue weighted by molar-refractivity contribution is 7.92. The molecule has 0 saturated heterocycles. The molecule has 0 aliphatic heterocycles. The normalized spacial score (nSPS) is 12.1. The summed E-state index contributed by atoms with van der Waals surface area (Å²) in [6, 6.07) is 22.0. The zero-order valence-electron chi connectivity index (χ0n) is 20.5. The van der Waals surface area contributed by atoms with Crippen molar-refractivity contribution in [3.63, 3.8) is 0 Å². The summed E-state index contributed by atoms with van der Waals surface area (Å²) in [7, 11) is 0.386. The lowest BCUT2D eigenvalue weighted by Crippen LogP contribution is -2.34. The predicted octanol–water partition coefficient (Wildman–Crippen LogP) is 5.96. The van der Waals surface area contributed by atoms with Crippen molar-refractivity contribution >= 4 is 38.9 Å². The first-order valence-corrected chi connectivity index (χ1v) is 13.6. The van der Waals surface area contributed by atoms with E-state index in [2.05, 4.69) is 4.72 Å².